The van der Waals surface area contributed by atoms with Crippen LogP contribution in [0.15, 0.2) is 22.2 Å². The van der Waals surface area contributed by atoms with Gasteiger partial charge in [0.15, 0.2) is 11.0 Å². The summed E-state index contributed by atoms with van der Waals surface area (Å²) in [6, 6.07) is 0. The molecule has 0 aliphatic rings. The summed E-state index contributed by atoms with van der Waals surface area (Å²) in [7, 11) is 0. The van der Waals surface area contributed by atoms with Crippen molar-refractivity contribution >= 4 is 38.6 Å². The summed E-state index contributed by atoms with van der Waals surface area (Å²) >= 11 is 4.62. The number of hydrogen-bond acceptors (Lipinski definition) is 4. The fourth-order valence-electron chi connectivity index (χ4n) is 1.04. The van der Waals surface area contributed by atoms with E-state index in [-0.39, 0.29) is 0 Å². The minimum atomic E-state index is -0.407. The molecule has 2 aromatic rings. The Labute approximate surface area is 92.3 Å². The van der Waals surface area contributed by atoms with E-state index in [1.165, 1.54) is 18.0 Å². The maximum absolute atomic E-state index is 13.2. The van der Waals surface area contributed by atoms with Gasteiger partial charge >= 0.3 is 0 Å². The minimum Gasteiger partial charge on any atom is -0.244 e. The molecule has 0 aromatic carbocycles. The van der Waals surface area contributed by atoms with Crippen LogP contribution in [0.25, 0.3) is 10.9 Å². The van der Waals surface area contributed by atoms with E-state index in [0.717, 1.165) is 6.20 Å². The average molecular weight is 274 g/mol. The second-order valence-corrected chi connectivity index (χ2v) is 4.04. The number of nitrogens with zero attached hydrogens (tertiary/aromatic N) is 3. The largest absolute Gasteiger partial charge is 0.244 e. The standard InChI is InChI=1S/C8H5BrFN3S/c1-14-8-12-2-4-5(10)3-11-7(9)6(4)13-8/h2-3H,1H3. The highest BCUT2D eigenvalue weighted by molar-refractivity contribution is 9.10. The van der Waals surface area contributed by atoms with Gasteiger partial charge in [-0.05, 0) is 22.2 Å². The average Bonchev–Trinajstić information content (AvgIpc) is 2.23. The first-order valence-electron chi connectivity index (χ1n) is 3.73. The molecule has 0 N–H and O–H groups in total. The number of pyridine rings is 1. The van der Waals surface area contributed by atoms with Gasteiger partial charge in [-0.1, -0.05) is 11.8 Å². The van der Waals surface area contributed by atoms with Gasteiger partial charge < -0.3 is 0 Å². The quantitative estimate of drug-likeness (QED) is 0.455. The highest BCUT2D eigenvalue weighted by Crippen LogP contribution is 2.23. The van der Waals surface area contributed by atoms with Gasteiger partial charge in [-0.3, -0.25) is 0 Å². The smallest absolute Gasteiger partial charge is 0.187 e. The lowest BCUT2D eigenvalue weighted by Gasteiger charge is -2.01. The summed E-state index contributed by atoms with van der Waals surface area (Å²) in [6.07, 6.45) is 4.48. The van der Waals surface area contributed by atoms with Crippen molar-refractivity contribution in [2.45, 2.75) is 5.16 Å². The Morgan fingerprint density at radius 3 is 2.86 bits per heavy atom. The third kappa shape index (κ3) is 1.59. The summed E-state index contributed by atoms with van der Waals surface area (Å²) in [5.74, 6) is -0.407. The van der Waals surface area contributed by atoms with Crippen LogP contribution < -0.4 is 0 Å². The maximum atomic E-state index is 13.2. The molecular formula is C8H5BrFN3S. The van der Waals surface area contributed by atoms with Gasteiger partial charge in [-0.2, -0.15) is 0 Å². The zero-order valence-electron chi connectivity index (χ0n) is 7.16. The Hall–Kier alpha value is -0.750. The van der Waals surface area contributed by atoms with Crippen LogP contribution in [-0.4, -0.2) is 21.2 Å². The number of fused-ring (bicyclic) bond motifs is 1. The maximum Gasteiger partial charge on any atom is 0.187 e. The lowest BCUT2D eigenvalue weighted by molar-refractivity contribution is 0.632. The minimum absolute atomic E-state index is 0.379. The van der Waals surface area contributed by atoms with E-state index >= 15 is 0 Å². The summed E-state index contributed by atoms with van der Waals surface area (Å²) in [5.41, 5.74) is 0.504. The molecule has 6 heteroatoms. The third-order valence-corrected chi connectivity index (χ3v) is 2.84. The SMILES string of the molecule is CSc1ncc2c(F)cnc(Br)c2n1. The molecule has 0 aliphatic carbocycles. The van der Waals surface area contributed by atoms with Crippen LogP contribution in [-0.2, 0) is 0 Å². The molecule has 0 radical (unpaired) electrons. The van der Waals surface area contributed by atoms with E-state index < -0.39 is 5.82 Å². The van der Waals surface area contributed by atoms with E-state index in [9.17, 15) is 4.39 Å². The number of thioether (sulfide) groups is 1. The van der Waals surface area contributed by atoms with E-state index in [1.807, 2.05) is 6.26 Å². The van der Waals surface area contributed by atoms with Crippen LogP contribution >= 0.6 is 27.7 Å². The molecule has 2 rings (SSSR count). The molecule has 2 heterocycles. The lowest BCUT2D eigenvalue weighted by Crippen LogP contribution is -1.92. The molecule has 0 bridgehead atoms. The van der Waals surface area contributed by atoms with Gasteiger partial charge in [0.05, 0.1) is 11.6 Å². The van der Waals surface area contributed by atoms with Gasteiger partial charge in [-0.25, -0.2) is 19.3 Å². The van der Waals surface area contributed by atoms with E-state index in [0.29, 0.717) is 20.7 Å². The van der Waals surface area contributed by atoms with Crippen LogP contribution in [0.1, 0.15) is 0 Å². The van der Waals surface area contributed by atoms with E-state index in [4.69, 9.17) is 0 Å². The fourth-order valence-corrected chi connectivity index (χ4v) is 1.79. The van der Waals surface area contributed by atoms with E-state index in [2.05, 4.69) is 30.9 Å². The highest BCUT2D eigenvalue weighted by Gasteiger charge is 2.08. The number of aromatic nitrogens is 3. The van der Waals surface area contributed by atoms with Crippen LogP contribution in [0.3, 0.4) is 0 Å². The van der Waals surface area contributed by atoms with Crippen molar-refractivity contribution in [2.75, 3.05) is 6.26 Å². The molecule has 0 amide bonds. The summed E-state index contributed by atoms with van der Waals surface area (Å²) in [6.45, 7) is 0. The number of rotatable bonds is 1. The third-order valence-electron chi connectivity index (χ3n) is 1.69. The van der Waals surface area contributed by atoms with Crippen molar-refractivity contribution in [3.63, 3.8) is 0 Å². The van der Waals surface area contributed by atoms with Crippen molar-refractivity contribution in [3.05, 3.63) is 22.8 Å². The molecule has 2 aromatic heterocycles. The van der Waals surface area contributed by atoms with Gasteiger partial charge in [0.2, 0.25) is 0 Å². The highest BCUT2D eigenvalue weighted by atomic mass is 79.9. The van der Waals surface area contributed by atoms with Gasteiger partial charge in [-0.15, -0.1) is 0 Å². The molecule has 0 unspecified atom stereocenters. The van der Waals surface area contributed by atoms with Crippen molar-refractivity contribution in [1.82, 2.24) is 15.0 Å². The topological polar surface area (TPSA) is 38.7 Å². The normalized spacial score (nSPS) is 10.8. The number of hydrogen-bond donors (Lipinski definition) is 0. The Morgan fingerprint density at radius 2 is 2.14 bits per heavy atom. The Morgan fingerprint density at radius 1 is 1.36 bits per heavy atom. The Balaban J connectivity index is 2.80. The summed E-state index contributed by atoms with van der Waals surface area (Å²) in [4.78, 5) is 12.0. The van der Waals surface area contributed by atoms with Crippen LogP contribution in [0.2, 0.25) is 0 Å². The predicted octanol–water partition coefficient (Wildman–Crippen LogP) is 2.65. The Kier molecular flexibility index (Phi) is 2.64. The molecule has 0 fully saturated rings. The van der Waals surface area contributed by atoms with Crippen LogP contribution in [0.5, 0.6) is 0 Å². The predicted molar refractivity (Wildman–Crippen MR) is 56.8 cm³/mol. The molecule has 3 nitrogen and oxygen atoms in total. The summed E-state index contributed by atoms with van der Waals surface area (Å²) < 4.78 is 13.8. The number of halogens is 2. The molecule has 0 aliphatic heterocycles. The van der Waals surface area contributed by atoms with Gasteiger partial charge in [0.25, 0.3) is 0 Å². The fraction of sp³-hybridized carbons (Fsp3) is 0.125. The van der Waals surface area contributed by atoms with Crippen molar-refractivity contribution in [1.29, 1.82) is 0 Å². The van der Waals surface area contributed by atoms with Crippen molar-refractivity contribution in [3.8, 4) is 0 Å². The lowest BCUT2D eigenvalue weighted by atomic mass is 10.3. The molecule has 0 saturated carbocycles. The second kappa shape index (κ2) is 3.78. The zero-order valence-corrected chi connectivity index (χ0v) is 9.56. The molecular weight excluding hydrogens is 269 g/mol. The zero-order chi connectivity index (χ0) is 10.1. The van der Waals surface area contributed by atoms with Crippen molar-refractivity contribution < 1.29 is 4.39 Å². The first-order valence-corrected chi connectivity index (χ1v) is 5.75. The first-order chi connectivity index (χ1) is 6.72. The van der Waals surface area contributed by atoms with Gasteiger partial charge in [0.1, 0.15) is 10.1 Å². The molecule has 0 atom stereocenters. The van der Waals surface area contributed by atoms with E-state index in [1.54, 1.807) is 0 Å². The molecule has 0 saturated heterocycles. The first kappa shape index (κ1) is 9.79. The van der Waals surface area contributed by atoms with Gasteiger partial charge in [0, 0.05) is 6.20 Å². The molecule has 0 spiro atoms. The summed E-state index contributed by atoms with van der Waals surface area (Å²) in [5, 5.41) is 0.982. The Bertz CT molecular complexity index is 491. The molecule has 72 valence electrons. The van der Waals surface area contributed by atoms with Crippen LogP contribution in [0, 0.1) is 5.82 Å². The van der Waals surface area contributed by atoms with Crippen molar-refractivity contribution in [2.24, 2.45) is 0 Å². The second-order valence-electron chi connectivity index (χ2n) is 2.52. The van der Waals surface area contributed by atoms with Crippen LogP contribution in [0.4, 0.5) is 4.39 Å². The molecule has 14 heavy (non-hydrogen) atoms. The monoisotopic (exact) mass is 273 g/mol.